The lowest BCUT2D eigenvalue weighted by atomic mass is 10.1. The van der Waals surface area contributed by atoms with E-state index in [4.69, 9.17) is 5.73 Å². The normalized spacial score (nSPS) is 14.8. The van der Waals surface area contributed by atoms with Crippen LogP contribution in [0, 0.1) is 0 Å². The van der Waals surface area contributed by atoms with E-state index in [2.05, 4.69) is 17.4 Å². The largest absolute Gasteiger partial charge is 0.346 e. The van der Waals surface area contributed by atoms with Crippen LogP contribution in [0.15, 0.2) is 30.3 Å². The highest BCUT2D eigenvalue weighted by molar-refractivity contribution is 5.85. The Kier molecular flexibility index (Phi) is 6.40. The minimum absolute atomic E-state index is 0.00960. The Hall–Kier alpha value is -1.88. The zero-order valence-corrected chi connectivity index (χ0v) is 13.0. The molecule has 5 nitrogen and oxygen atoms in total. The lowest BCUT2D eigenvalue weighted by Gasteiger charge is -2.29. The molecule has 1 aromatic carbocycles. The summed E-state index contributed by atoms with van der Waals surface area (Å²) in [7, 11) is 0. The molecule has 1 fully saturated rings. The van der Waals surface area contributed by atoms with Crippen molar-refractivity contribution in [3.8, 4) is 0 Å². The van der Waals surface area contributed by atoms with Crippen LogP contribution in [0.4, 0.5) is 0 Å². The van der Waals surface area contributed by atoms with Gasteiger partial charge in [0.25, 0.3) is 0 Å². The van der Waals surface area contributed by atoms with E-state index >= 15 is 0 Å². The van der Waals surface area contributed by atoms with Gasteiger partial charge in [0.1, 0.15) is 0 Å². The smallest absolute Gasteiger partial charge is 0.242 e. The number of nitrogens with zero attached hydrogens (tertiary/aromatic N) is 1. The van der Waals surface area contributed by atoms with E-state index in [-0.39, 0.29) is 24.9 Å². The highest BCUT2D eigenvalue weighted by Gasteiger charge is 2.26. The molecule has 0 heterocycles. The summed E-state index contributed by atoms with van der Waals surface area (Å²) in [4.78, 5) is 25.6. The number of benzene rings is 1. The van der Waals surface area contributed by atoms with E-state index in [1.54, 1.807) is 0 Å². The second-order valence-corrected chi connectivity index (χ2v) is 5.74. The van der Waals surface area contributed by atoms with Crippen LogP contribution in [0.2, 0.25) is 0 Å². The molecule has 1 saturated carbocycles. The Balaban J connectivity index is 1.93. The van der Waals surface area contributed by atoms with Gasteiger partial charge in [0.15, 0.2) is 0 Å². The van der Waals surface area contributed by atoms with Gasteiger partial charge in [-0.05, 0) is 24.8 Å². The lowest BCUT2D eigenvalue weighted by Crippen LogP contribution is -2.46. The van der Waals surface area contributed by atoms with Crippen molar-refractivity contribution in [3.63, 3.8) is 0 Å². The van der Waals surface area contributed by atoms with Gasteiger partial charge in [0, 0.05) is 12.6 Å². The summed E-state index contributed by atoms with van der Waals surface area (Å²) < 4.78 is 0. The minimum Gasteiger partial charge on any atom is -0.346 e. The molecule has 0 unspecified atom stereocenters. The average Bonchev–Trinajstić information content (AvgIpc) is 3.08. The van der Waals surface area contributed by atoms with Crippen LogP contribution < -0.4 is 11.1 Å². The van der Waals surface area contributed by atoms with Crippen LogP contribution in [0.25, 0.3) is 0 Å². The molecule has 0 aromatic heterocycles. The van der Waals surface area contributed by atoms with Gasteiger partial charge in [-0.15, -0.1) is 0 Å². The summed E-state index contributed by atoms with van der Waals surface area (Å²) in [6, 6.07) is 10.5. The van der Waals surface area contributed by atoms with E-state index in [9.17, 15) is 9.59 Å². The third-order valence-corrected chi connectivity index (χ3v) is 4.19. The van der Waals surface area contributed by atoms with E-state index in [0.717, 1.165) is 19.3 Å². The number of amides is 2. The first-order valence-corrected chi connectivity index (χ1v) is 8.01. The number of nitrogens with two attached hydrogens (primary N) is 1. The Labute approximate surface area is 131 Å². The standard InChI is InChI=1S/C17H25N3O2/c18-12-16(21)19-13-17(22)20(15-8-4-5-9-15)11-10-14-6-2-1-3-7-14/h1-3,6-7,15H,4-5,8-13,18H2,(H,19,21). The summed E-state index contributed by atoms with van der Waals surface area (Å²) in [5.74, 6) is -0.299. The topological polar surface area (TPSA) is 75.4 Å². The molecule has 1 aliphatic carbocycles. The van der Waals surface area contributed by atoms with Gasteiger partial charge < -0.3 is 16.0 Å². The fourth-order valence-corrected chi connectivity index (χ4v) is 2.97. The number of rotatable bonds is 7. The summed E-state index contributed by atoms with van der Waals surface area (Å²) in [5, 5.41) is 2.58. The number of nitrogens with one attached hydrogen (secondary N) is 1. The quantitative estimate of drug-likeness (QED) is 0.791. The Morgan fingerprint density at radius 1 is 1.18 bits per heavy atom. The molecule has 120 valence electrons. The summed E-state index contributed by atoms with van der Waals surface area (Å²) in [6.45, 7) is 0.661. The zero-order chi connectivity index (χ0) is 15.8. The molecule has 0 saturated heterocycles. The average molecular weight is 303 g/mol. The molecule has 22 heavy (non-hydrogen) atoms. The van der Waals surface area contributed by atoms with Crippen molar-refractivity contribution in [3.05, 3.63) is 35.9 Å². The third-order valence-electron chi connectivity index (χ3n) is 4.19. The molecule has 5 heteroatoms. The molecule has 0 spiro atoms. The van der Waals surface area contributed by atoms with Gasteiger partial charge in [0.05, 0.1) is 13.1 Å². The van der Waals surface area contributed by atoms with E-state index in [0.29, 0.717) is 12.6 Å². The Morgan fingerprint density at radius 2 is 1.86 bits per heavy atom. The van der Waals surface area contributed by atoms with Crippen LogP contribution in [0.1, 0.15) is 31.2 Å². The van der Waals surface area contributed by atoms with Gasteiger partial charge in [-0.2, -0.15) is 0 Å². The van der Waals surface area contributed by atoms with Gasteiger partial charge in [0.2, 0.25) is 11.8 Å². The minimum atomic E-state index is -0.289. The predicted molar refractivity (Wildman–Crippen MR) is 86.2 cm³/mol. The molecule has 0 atom stereocenters. The van der Waals surface area contributed by atoms with Crippen LogP contribution in [-0.2, 0) is 16.0 Å². The number of hydrogen-bond acceptors (Lipinski definition) is 3. The molecule has 0 aliphatic heterocycles. The van der Waals surface area contributed by atoms with Crippen LogP contribution in [0.3, 0.4) is 0 Å². The van der Waals surface area contributed by atoms with Crippen molar-refractivity contribution in [1.29, 1.82) is 0 Å². The highest BCUT2D eigenvalue weighted by atomic mass is 16.2. The first kappa shape index (κ1) is 16.5. The van der Waals surface area contributed by atoms with Gasteiger partial charge >= 0.3 is 0 Å². The summed E-state index contributed by atoms with van der Waals surface area (Å²) in [6.07, 6.45) is 5.31. The number of carbonyl (C=O) groups excluding carboxylic acids is 2. The molecule has 0 bridgehead atoms. The van der Waals surface area contributed by atoms with Crippen molar-refractivity contribution in [2.24, 2.45) is 5.73 Å². The van der Waals surface area contributed by atoms with Crippen molar-refractivity contribution in [2.45, 2.75) is 38.1 Å². The molecule has 1 aliphatic rings. The van der Waals surface area contributed by atoms with Crippen LogP contribution >= 0.6 is 0 Å². The molecule has 2 amide bonds. The summed E-state index contributed by atoms with van der Waals surface area (Å²) in [5.41, 5.74) is 6.48. The van der Waals surface area contributed by atoms with E-state index in [1.165, 1.54) is 18.4 Å². The molecule has 2 rings (SSSR count). The fraction of sp³-hybridized carbons (Fsp3) is 0.529. The maximum atomic E-state index is 12.4. The van der Waals surface area contributed by atoms with Gasteiger partial charge in [-0.1, -0.05) is 43.2 Å². The number of carbonyl (C=O) groups is 2. The molecule has 1 aromatic rings. The van der Waals surface area contributed by atoms with Crippen molar-refractivity contribution in [1.82, 2.24) is 10.2 Å². The summed E-state index contributed by atoms with van der Waals surface area (Å²) >= 11 is 0. The molecular weight excluding hydrogens is 278 g/mol. The van der Waals surface area contributed by atoms with Crippen LogP contribution in [0.5, 0.6) is 0 Å². The van der Waals surface area contributed by atoms with Crippen molar-refractivity contribution < 1.29 is 9.59 Å². The van der Waals surface area contributed by atoms with E-state index < -0.39 is 0 Å². The lowest BCUT2D eigenvalue weighted by molar-refractivity contribution is -0.134. The second kappa shape index (κ2) is 8.54. The first-order valence-electron chi connectivity index (χ1n) is 8.01. The van der Waals surface area contributed by atoms with E-state index in [1.807, 2.05) is 23.1 Å². The Bertz CT molecular complexity index is 484. The highest BCUT2D eigenvalue weighted by Crippen LogP contribution is 2.23. The fourth-order valence-electron chi connectivity index (χ4n) is 2.97. The first-order chi connectivity index (χ1) is 10.7. The zero-order valence-electron chi connectivity index (χ0n) is 13.0. The second-order valence-electron chi connectivity index (χ2n) is 5.74. The third kappa shape index (κ3) is 4.84. The van der Waals surface area contributed by atoms with Gasteiger partial charge in [-0.3, -0.25) is 9.59 Å². The SMILES string of the molecule is NCC(=O)NCC(=O)N(CCc1ccccc1)C1CCCC1. The molecular formula is C17H25N3O2. The van der Waals surface area contributed by atoms with Crippen LogP contribution in [-0.4, -0.2) is 42.4 Å². The monoisotopic (exact) mass is 303 g/mol. The van der Waals surface area contributed by atoms with Crippen molar-refractivity contribution in [2.75, 3.05) is 19.6 Å². The number of hydrogen-bond donors (Lipinski definition) is 2. The van der Waals surface area contributed by atoms with Crippen molar-refractivity contribution >= 4 is 11.8 Å². The van der Waals surface area contributed by atoms with Gasteiger partial charge in [-0.25, -0.2) is 0 Å². The maximum absolute atomic E-state index is 12.4. The molecule has 0 radical (unpaired) electrons. The predicted octanol–water partition coefficient (Wildman–Crippen LogP) is 1.08. The maximum Gasteiger partial charge on any atom is 0.242 e. The molecule has 3 N–H and O–H groups in total. The Morgan fingerprint density at radius 3 is 2.50 bits per heavy atom.